The van der Waals surface area contributed by atoms with Gasteiger partial charge in [0.25, 0.3) is 5.91 Å². The van der Waals surface area contributed by atoms with Crippen molar-refractivity contribution in [1.29, 1.82) is 0 Å². The first kappa shape index (κ1) is 28.7. The number of hydrogen-bond acceptors (Lipinski definition) is 6. The van der Waals surface area contributed by atoms with Gasteiger partial charge in [0.15, 0.2) is 11.5 Å². The molecule has 0 aliphatic carbocycles. The molecule has 1 N–H and O–H groups in total. The zero-order chi connectivity index (χ0) is 28.0. The Labute approximate surface area is 236 Å². The van der Waals surface area contributed by atoms with Crippen molar-refractivity contribution in [3.05, 3.63) is 114 Å². The van der Waals surface area contributed by atoms with Crippen LogP contribution in [0.5, 0.6) is 23.0 Å². The van der Waals surface area contributed by atoms with E-state index in [1.54, 1.807) is 49.6 Å². The highest BCUT2D eigenvalue weighted by Crippen LogP contribution is 2.30. The summed E-state index contributed by atoms with van der Waals surface area (Å²) < 4.78 is 23.2. The number of methoxy groups -OCH3 is 1. The van der Waals surface area contributed by atoms with Gasteiger partial charge in [-0.3, -0.25) is 9.69 Å². The van der Waals surface area contributed by atoms with Gasteiger partial charge in [-0.05, 0) is 60.6 Å². The molecule has 0 unspecified atom stereocenters. The molecule has 0 fully saturated rings. The number of ether oxygens (including phenoxy) is 4. The number of carbonyl (C=O) groups is 1. The Hall–Kier alpha value is -4.33. The maximum absolute atomic E-state index is 12.9. The molecule has 0 saturated carbocycles. The Balaban J connectivity index is 1.26. The van der Waals surface area contributed by atoms with Crippen molar-refractivity contribution < 1.29 is 23.7 Å². The number of benzene rings is 4. The van der Waals surface area contributed by atoms with Crippen molar-refractivity contribution in [2.45, 2.75) is 13.5 Å². The van der Waals surface area contributed by atoms with Gasteiger partial charge in [-0.1, -0.05) is 55.5 Å². The van der Waals surface area contributed by atoms with Crippen LogP contribution in [0.25, 0.3) is 0 Å². The fraction of sp³-hybridized carbons (Fsp3) is 0.242. The first-order valence-electron chi connectivity index (χ1n) is 13.4. The molecule has 0 aliphatic rings. The third-order valence-electron chi connectivity index (χ3n) is 6.29. The minimum atomic E-state index is -0.227. The number of para-hydroxylation sites is 1. The largest absolute Gasteiger partial charge is 0.493 e. The molecule has 0 aromatic heterocycles. The van der Waals surface area contributed by atoms with Crippen LogP contribution in [0.15, 0.2) is 103 Å². The average Bonchev–Trinajstić information content (AvgIpc) is 3.00. The van der Waals surface area contributed by atoms with Crippen molar-refractivity contribution in [2.24, 2.45) is 0 Å². The number of anilines is 1. The molecule has 1 amide bonds. The highest BCUT2D eigenvalue weighted by Gasteiger charge is 2.11. The summed E-state index contributed by atoms with van der Waals surface area (Å²) in [5.74, 6) is 2.35. The molecule has 7 heteroatoms. The zero-order valence-corrected chi connectivity index (χ0v) is 23.0. The van der Waals surface area contributed by atoms with Crippen LogP contribution in [0.1, 0.15) is 22.8 Å². The number of carbonyl (C=O) groups excluding carboxylic acids is 1. The van der Waals surface area contributed by atoms with Crippen molar-refractivity contribution in [3.8, 4) is 23.0 Å². The van der Waals surface area contributed by atoms with Gasteiger partial charge in [-0.15, -0.1) is 0 Å². The number of hydrogen-bond donors (Lipinski definition) is 1. The number of nitrogens with zero attached hydrogens (tertiary/aromatic N) is 1. The average molecular weight is 541 g/mol. The SMILES string of the molecule is CCN(CCOCc1ccccc1)CCOc1cc(NC(=O)c2ccc(Oc3ccccc3)cc2)ccc1OC. The Bertz CT molecular complexity index is 1310. The lowest BCUT2D eigenvalue weighted by atomic mass is 10.2. The van der Waals surface area contributed by atoms with E-state index in [1.807, 2.05) is 48.5 Å². The molecular weight excluding hydrogens is 504 g/mol. The summed E-state index contributed by atoms with van der Waals surface area (Å²) in [7, 11) is 1.60. The maximum Gasteiger partial charge on any atom is 0.255 e. The number of amides is 1. The molecule has 0 atom stereocenters. The van der Waals surface area contributed by atoms with Crippen LogP contribution in [0.3, 0.4) is 0 Å². The molecule has 7 nitrogen and oxygen atoms in total. The van der Waals surface area contributed by atoms with Crippen LogP contribution in [0, 0.1) is 0 Å². The fourth-order valence-corrected chi connectivity index (χ4v) is 4.04. The molecule has 4 rings (SSSR count). The molecule has 208 valence electrons. The van der Waals surface area contributed by atoms with Crippen molar-refractivity contribution in [2.75, 3.05) is 45.3 Å². The van der Waals surface area contributed by atoms with Crippen LogP contribution in [-0.4, -0.2) is 50.8 Å². The monoisotopic (exact) mass is 540 g/mol. The van der Waals surface area contributed by atoms with Gasteiger partial charge in [0.2, 0.25) is 0 Å². The summed E-state index contributed by atoms with van der Waals surface area (Å²) in [6.45, 7) is 6.29. The minimum absolute atomic E-state index is 0.227. The Kier molecular flexibility index (Phi) is 11.0. The van der Waals surface area contributed by atoms with Crippen LogP contribution in [0.4, 0.5) is 5.69 Å². The van der Waals surface area contributed by atoms with Gasteiger partial charge in [-0.25, -0.2) is 0 Å². The second-order valence-corrected chi connectivity index (χ2v) is 9.08. The van der Waals surface area contributed by atoms with E-state index >= 15 is 0 Å². The Morgan fingerprint density at radius 1 is 0.775 bits per heavy atom. The first-order valence-corrected chi connectivity index (χ1v) is 13.4. The lowest BCUT2D eigenvalue weighted by Gasteiger charge is -2.21. The smallest absolute Gasteiger partial charge is 0.255 e. The summed E-state index contributed by atoms with van der Waals surface area (Å²) in [4.78, 5) is 15.1. The van der Waals surface area contributed by atoms with Crippen LogP contribution in [-0.2, 0) is 11.3 Å². The topological polar surface area (TPSA) is 69.3 Å². The molecular formula is C33H36N2O5. The molecule has 0 saturated heterocycles. The molecule has 0 aliphatic heterocycles. The van der Waals surface area contributed by atoms with E-state index in [1.165, 1.54) is 5.56 Å². The van der Waals surface area contributed by atoms with Crippen LogP contribution in [0.2, 0.25) is 0 Å². The van der Waals surface area contributed by atoms with Gasteiger partial charge >= 0.3 is 0 Å². The minimum Gasteiger partial charge on any atom is -0.493 e. The predicted molar refractivity (Wildman–Crippen MR) is 158 cm³/mol. The van der Waals surface area contributed by atoms with Crippen molar-refractivity contribution in [1.82, 2.24) is 4.90 Å². The molecule has 0 heterocycles. The quantitative estimate of drug-likeness (QED) is 0.170. The Morgan fingerprint density at radius 3 is 2.15 bits per heavy atom. The lowest BCUT2D eigenvalue weighted by Crippen LogP contribution is -2.31. The summed E-state index contributed by atoms with van der Waals surface area (Å²) in [6, 6.07) is 32.0. The maximum atomic E-state index is 12.9. The van der Waals surface area contributed by atoms with Crippen molar-refractivity contribution >= 4 is 11.6 Å². The van der Waals surface area contributed by atoms with Gasteiger partial charge in [0.05, 0.1) is 20.3 Å². The van der Waals surface area contributed by atoms with Crippen LogP contribution >= 0.6 is 0 Å². The highest BCUT2D eigenvalue weighted by atomic mass is 16.5. The van der Waals surface area contributed by atoms with Crippen molar-refractivity contribution in [3.63, 3.8) is 0 Å². The molecule has 4 aromatic carbocycles. The summed E-state index contributed by atoms with van der Waals surface area (Å²) in [6.07, 6.45) is 0. The predicted octanol–water partition coefficient (Wildman–Crippen LogP) is 6.66. The first-order chi connectivity index (χ1) is 19.6. The summed E-state index contributed by atoms with van der Waals surface area (Å²) in [5, 5.41) is 2.94. The van der Waals surface area contributed by atoms with E-state index in [9.17, 15) is 4.79 Å². The lowest BCUT2D eigenvalue weighted by molar-refractivity contribution is 0.0890. The molecule has 40 heavy (non-hydrogen) atoms. The molecule has 0 radical (unpaired) electrons. The van der Waals surface area contributed by atoms with Gasteiger partial charge in [0.1, 0.15) is 18.1 Å². The van der Waals surface area contributed by atoms with Gasteiger partial charge < -0.3 is 24.3 Å². The number of nitrogens with one attached hydrogen (secondary N) is 1. The van der Waals surface area contributed by atoms with E-state index in [4.69, 9.17) is 18.9 Å². The molecule has 4 aromatic rings. The van der Waals surface area contributed by atoms with E-state index in [-0.39, 0.29) is 5.91 Å². The molecule has 0 spiro atoms. The fourth-order valence-electron chi connectivity index (χ4n) is 4.04. The standard InChI is InChI=1S/C33H36N2O5/c1-3-35(20-22-38-25-26-10-6-4-7-11-26)21-23-39-32-24-28(16-19-31(32)37-2)34-33(36)27-14-17-30(18-15-27)40-29-12-8-5-9-13-29/h4-19,24H,3,20-23,25H2,1-2H3,(H,34,36). The normalized spacial score (nSPS) is 10.8. The molecule has 0 bridgehead atoms. The highest BCUT2D eigenvalue weighted by molar-refractivity contribution is 6.04. The summed E-state index contributed by atoms with van der Waals surface area (Å²) in [5.41, 5.74) is 2.31. The zero-order valence-electron chi connectivity index (χ0n) is 23.0. The second kappa shape index (κ2) is 15.3. The van der Waals surface area contributed by atoms with E-state index in [0.29, 0.717) is 48.3 Å². The Morgan fingerprint density at radius 2 is 1.45 bits per heavy atom. The van der Waals surface area contributed by atoms with Crippen LogP contribution < -0.4 is 19.5 Å². The number of rotatable bonds is 15. The third-order valence-corrected chi connectivity index (χ3v) is 6.29. The van der Waals surface area contributed by atoms with Gasteiger partial charge in [-0.2, -0.15) is 0 Å². The van der Waals surface area contributed by atoms with Gasteiger partial charge in [0, 0.05) is 30.4 Å². The third kappa shape index (κ3) is 8.86. The number of likely N-dealkylation sites (N-methyl/N-ethyl adjacent to an activating group) is 1. The second-order valence-electron chi connectivity index (χ2n) is 9.08. The summed E-state index contributed by atoms with van der Waals surface area (Å²) >= 11 is 0. The van der Waals surface area contributed by atoms with E-state index < -0.39 is 0 Å². The van der Waals surface area contributed by atoms with E-state index in [2.05, 4.69) is 29.3 Å². The van der Waals surface area contributed by atoms with E-state index in [0.717, 1.165) is 25.4 Å².